The van der Waals surface area contributed by atoms with Crippen molar-refractivity contribution < 1.29 is 23.7 Å². The maximum absolute atomic E-state index is 12.9. The molecule has 0 aromatic heterocycles. The molecule has 0 saturated carbocycles. The summed E-state index contributed by atoms with van der Waals surface area (Å²) in [4.78, 5) is 12.9. The third-order valence-electron chi connectivity index (χ3n) is 5.53. The van der Waals surface area contributed by atoms with Crippen LogP contribution in [0.25, 0.3) is 0 Å². The van der Waals surface area contributed by atoms with Gasteiger partial charge >= 0.3 is 5.97 Å². The van der Waals surface area contributed by atoms with Crippen molar-refractivity contribution in [2.24, 2.45) is 5.73 Å². The largest absolute Gasteiger partial charge is 0.493 e. The number of rotatable bonds is 9. The SMILES string of the molecule is C=CCOc1cccc(C2C(C#N)=C(N)Oc3cc(OC(=O)c4ccccc4OCCC)ccc32)c1. The molecule has 0 amide bonds. The number of hydrogen-bond donors (Lipinski definition) is 1. The average molecular weight is 483 g/mol. The second-order valence-electron chi connectivity index (χ2n) is 8.03. The fraction of sp³-hybridized carbons (Fsp3) is 0.172. The smallest absolute Gasteiger partial charge is 0.347 e. The lowest BCUT2D eigenvalue weighted by atomic mass is 9.83. The van der Waals surface area contributed by atoms with Crippen LogP contribution in [-0.2, 0) is 0 Å². The summed E-state index contributed by atoms with van der Waals surface area (Å²) in [7, 11) is 0. The first-order valence-corrected chi connectivity index (χ1v) is 11.5. The molecule has 0 bridgehead atoms. The lowest BCUT2D eigenvalue weighted by molar-refractivity contribution is 0.0730. The summed E-state index contributed by atoms with van der Waals surface area (Å²) in [5.74, 6) is 0.748. The Morgan fingerprint density at radius 2 is 1.94 bits per heavy atom. The summed E-state index contributed by atoms with van der Waals surface area (Å²) in [6, 6.07) is 21.6. The average Bonchev–Trinajstić information content (AvgIpc) is 2.90. The zero-order valence-corrected chi connectivity index (χ0v) is 19.9. The quantitative estimate of drug-likeness (QED) is 0.245. The van der Waals surface area contributed by atoms with Crippen molar-refractivity contribution in [2.75, 3.05) is 13.2 Å². The molecule has 2 N–H and O–H groups in total. The van der Waals surface area contributed by atoms with Crippen LogP contribution >= 0.6 is 0 Å². The summed E-state index contributed by atoms with van der Waals surface area (Å²) in [6.07, 6.45) is 2.47. The van der Waals surface area contributed by atoms with E-state index in [0.29, 0.717) is 41.6 Å². The fourth-order valence-electron chi connectivity index (χ4n) is 3.92. The number of carbonyl (C=O) groups is 1. The highest BCUT2D eigenvalue weighted by Gasteiger charge is 2.31. The number of nitrogens with zero attached hydrogens (tertiary/aromatic N) is 1. The highest BCUT2D eigenvalue weighted by Crippen LogP contribution is 2.44. The van der Waals surface area contributed by atoms with E-state index < -0.39 is 11.9 Å². The number of nitriles is 1. The van der Waals surface area contributed by atoms with Crippen LogP contribution in [0.5, 0.6) is 23.0 Å². The molecule has 1 aliphatic rings. The Morgan fingerprint density at radius 1 is 1.11 bits per heavy atom. The molecule has 1 aliphatic heterocycles. The number of esters is 1. The summed E-state index contributed by atoms with van der Waals surface area (Å²) >= 11 is 0. The monoisotopic (exact) mass is 482 g/mol. The highest BCUT2D eigenvalue weighted by atomic mass is 16.5. The van der Waals surface area contributed by atoms with Crippen molar-refractivity contribution in [1.29, 1.82) is 5.26 Å². The number of fused-ring (bicyclic) bond motifs is 1. The van der Waals surface area contributed by atoms with Crippen LogP contribution in [0.1, 0.15) is 40.7 Å². The van der Waals surface area contributed by atoms with Crippen molar-refractivity contribution in [3.63, 3.8) is 0 Å². The molecular weight excluding hydrogens is 456 g/mol. The molecule has 7 heteroatoms. The molecule has 4 rings (SSSR count). The van der Waals surface area contributed by atoms with E-state index in [2.05, 4.69) is 12.6 Å². The minimum atomic E-state index is -0.553. The Labute approximate surface area is 210 Å². The van der Waals surface area contributed by atoms with Gasteiger partial charge in [0.1, 0.15) is 46.8 Å². The standard InChI is InChI=1S/C29H26N2O5/c1-3-14-33-20-9-7-8-19(16-20)27-22-13-12-21(17-26(22)36-28(31)24(27)18-30)35-29(32)23-10-5-6-11-25(23)34-15-4-2/h3,5-13,16-17,27H,1,4,14-15,31H2,2H3. The molecule has 182 valence electrons. The van der Waals surface area contributed by atoms with Gasteiger partial charge in [0, 0.05) is 11.6 Å². The number of para-hydroxylation sites is 1. The number of benzene rings is 3. The Balaban J connectivity index is 1.65. The molecule has 0 spiro atoms. The molecule has 1 heterocycles. The van der Waals surface area contributed by atoms with Gasteiger partial charge in [0.25, 0.3) is 0 Å². The maximum Gasteiger partial charge on any atom is 0.347 e. The predicted molar refractivity (Wildman–Crippen MR) is 135 cm³/mol. The van der Waals surface area contributed by atoms with E-state index in [1.807, 2.05) is 31.2 Å². The zero-order chi connectivity index (χ0) is 25.5. The van der Waals surface area contributed by atoms with Crippen molar-refractivity contribution in [2.45, 2.75) is 19.3 Å². The fourth-order valence-corrected chi connectivity index (χ4v) is 3.92. The Kier molecular flexibility index (Phi) is 7.57. The third-order valence-corrected chi connectivity index (χ3v) is 5.53. The Morgan fingerprint density at radius 3 is 2.72 bits per heavy atom. The number of hydrogen-bond acceptors (Lipinski definition) is 7. The summed E-state index contributed by atoms with van der Waals surface area (Å²) in [5, 5.41) is 9.82. The number of allylic oxidation sites excluding steroid dienone is 1. The summed E-state index contributed by atoms with van der Waals surface area (Å²) in [6.45, 7) is 6.51. The van der Waals surface area contributed by atoms with Gasteiger partial charge in [-0.25, -0.2) is 4.79 Å². The van der Waals surface area contributed by atoms with E-state index in [4.69, 9.17) is 24.7 Å². The van der Waals surface area contributed by atoms with Crippen LogP contribution in [0.3, 0.4) is 0 Å². The molecule has 1 unspecified atom stereocenters. The predicted octanol–water partition coefficient (Wildman–Crippen LogP) is 5.48. The van der Waals surface area contributed by atoms with Gasteiger partial charge in [0.15, 0.2) is 0 Å². The van der Waals surface area contributed by atoms with Crippen molar-refractivity contribution in [3.8, 4) is 29.1 Å². The molecule has 3 aromatic carbocycles. The van der Waals surface area contributed by atoms with Crippen LogP contribution in [0, 0.1) is 11.3 Å². The van der Waals surface area contributed by atoms with Crippen LogP contribution in [0.15, 0.2) is 90.8 Å². The first-order chi connectivity index (χ1) is 17.5. The van der Waals surface area contributed by atoms with Crippen molar-refractivity contribution in [1.82, 2.24) is 0 Å². The van der Waals surface area contributed by atoms with Gasteiger partial charge in [-0.15, -0.1) is 0 Å². The van der Waals surface area contributed by atoms with Gasteiger partial charge < -0.3 is 24.7 Å². The molecule has 7 nitrogen and oxygen atoms in total. The molecule has 3 aromatic rings. The molecule has 0 radical (unpaired) electrons. The molecule has 36 heavy (non-hydrogen) atoms. The van der Waals surface area contributed by atoms with Crippen LogP contribution < -0.4 is 24.7 Å². The van der Waals surface area contributed by atoms with Gasteiger partial charge in [-0.1, -0.05) is 49.9 Å². The van der Waals surface area contributed by atoms with Gasteiger partial charge in [0.05, 0.1) is 12.5 Å². The van der Waals surface area contributed by atoms with E-state index in [0.717, 1.165) is 12.0 Å². The van der Waals surface area contributed by atoms with Gasteiger partial charge in [0.2, 0.25) is 5.88 Å². The normalized spacial score (nSPS) is 14.2. The molecule has 0 saturated heterocycles. The minimum absolute atomic E-state index is 0.00537. The van der Waals surface area contributed by atoms with E-state index in [1.165, 1.54) is 0 Å². The summed E-state index contributed by atoms with van der Waals surface area (Å²) < 4.78 is 22.7. The molecule has 0 aliphatic carbocycles. The van der Waals surface area contributed by atoms with Crippen molar-refractivity contribution >= 4 is 5.97 Å². The number of carbonyl (C=O) groups excluding carboxylic acids is 1. The number of nitrogens with two attached hydrogens (primary N) is 1. The van der Waals surface area contributed by atoms with Gasteiger partial charge in [-0.2, -0.15) is 5.26 Å². The third kappa shape index (κ3) is 5.18. The van der Waals surface area contributed by atoms with Gasteiger partial charge in [-0.3, -0.25) is 0 Å². The van der Waals surface area contributed by atoms with Crippen molar-refractivity contribution in [3.05, 3.63) is 108 Å². The highest BCUT2D eigenvalue weighted by molar-refractivity contribution is 5.94. The lowest BCUT2D eigenvalue weighted by Crippen LogP contribution is -2.21. The lowest BCUT2D eigenvalue weighted by Gasteiger charge is -2.27. The zero-order valence-electron chi connectivity index (χ0n) is 19.9. The Hall–Kier alpha value is -4.70. The maximum atomic E-state index is 12.9. The molecular formula is C29H26N2O5. The second-order valence-corrected chi connectivity index (χ2v) is 8.03. The Bertz CT molecular complexity index is 1360. The molecule has 0 fully saturated rings. The number of ether oxygens (including phenoxy) is 4. The van der Waals surface area contributed by atoms with Crippen LogP contribution in [-0.4, -0.2) is 19.2 Å². The van der Waals surface area contributed by atoms with E-state index in [9.17, 15) is 10.1 Å². The molecule has 1 atom stereocenters. The minimum Gasteiger partial charge on any atom is -0.493 e. The summed E-state index contributed by atoms with van der Waals surface area (Å²) in [5.41, 5.74) is 8.26. The van der Waals surface area contributed by atoms with E-state index in [-0.39, 0.29) is 17.2 Å². The second kappa shape index (κ2) is 11.2. The van der Waals surface area contributed by atoms with Gasteiger partial charge in [-0.05, 0) is 42.3 Å². The van der Waals surface area contributed by atoms with Crippen LogP contribution in [0.2, 0.25) is 0 Å². The van der Waals surface area contributed by atoms with Crippen LogP contribution in [0.4, 0.5) is 0 Å². The van der Waals surface area contributed by atoms with E-state index in [1.54, 1.807) is 48.5 Å². The first-order valence-electron chi connectivity index (χ1n) is 11.5. The van der Waals surface area contributed by atoms with E-state index >= 15 is 0 Å². The first kappa shape index (κ1) is 24.4. The topological polar surface area (TPSA) is 104 Å².